The zero-order valence-corrected chi connectivity index (χ0v) is 12.5. The Morgan fingerprint density at radius 1 is 1.26 bits per heavy atom. The smallest absolute Gasteiger partial charge is 0.277 e. The SMILES string of the molecule is COc1ccc(/C=N\NC(=O)COc2ccccc2C#N)cc1. The molecule has 0 aliphatic rings. The summed E-state index contributed by atoms with van der Waals surface area (Å²) in [5, 5.41) is 12.8. The predicted octanol–water partition coefficient (Wildman–Crippen LogP) is 2.10. The van der Waals surface area contributed by atoms with Gasteiger partial charge in [-0.25, -0.2) is 5.43 Å². The van der Waals surface area contributed by atoms with Crippen molar-refractivity contribution < 1.29 is 14.3 Å². The van der Waals surface area contributed by atoms with E-state index in [4.69, 9.17) is 14.7 Å². The molecule has 0 fully saturated rings. The Bertz CT molecular complexity index is 733. The topological polar surface area (TPSA) is 83.7 Å². The summed E-state index contributed by atoms with van der Waals surface area (Å²) < 4.78 is 10.3. The lowest BCUT2D eigenvalue weighted by molar-refractivity contribution is -0.123. The maximum absolute atomic E-state index is 11.7. The lowest BCUT2D eigenvalue weighted by atomic mass is 10.2. The van der Waals surface area contributed by atoms with E-state index in [-0.39, 0.29) is 6.61 Å². The van der Waals surface area contributed by atoms with Crippen LogP contribution < -0.4 is 14.9 Å². The van der Waals surface area contributed by atoms with Crippen molar-refractivity contribution in [3.63, 3.8) is 0 Å². The van der Waals surface area contributed by atoms with Gasteiger partial charge in [-0.3, -0.25) is 4.79 Å². The van der Waals surface area contributed by atoms with Crippen LogP contribution in [0.15, 0.2) is 53.6 Å². The molecule has 116 valence electrons. The van der Waals surface area contributed by atoms with Crippen LogP contribution in [-0.2, 0) is 4.79 Å². The average Bonchev–Trinajstić information content (AvgIpc) is 2.60. The predicted molar refractivity (Wildman–Crippen MR) is 85.4 cm³/mol. The highest BCUT2D eigenvalue weighted by molar-refractivity contribution is 5.83. The second-order valence-electron chi connectivity index (χ2n) is 4.46. The van der Waals surface area contributed by atoms with Crippen molar-refractivity contribution in [1.29, 1.82) is 5.26 Å². The number of methoxy groups -OCH3 is 1. The van der Waals surface area contributed by atoms with Crippen molar-refractivity contribution in [2.45, 2.75) is 0 Å². The molecule has 2 aromatic rings. The molecule has 2 rings (SSSR count). The zero-order chi connectivity index (χ0) is 16.5. The van der Waals surface area contributed by atoms with Crippen LogP contribution in [0.3, 0.4) is 0 Å². The van der Waals surface area contributed by atoms with E-state index in [2.05, 4.69) is 10.5 Å². The van der Waals surface area contributed by atoms with Crippen molar-refractivity contribution in [3.05, 3.63) is 59.7 Å². The van der Waals surface area contributed by atoms with Crippen molar-refractivity contribution >= 4 is 12.1 Å². The maximum Gasteiger partial charge on any atom is 0.277 e. The van der Waals surface area contributed by atoms with E-state index in [1.54, 1.807) is 43.5 Å². The number of nitrogens with one attached hydrogen (secondary N) is 1. The van der Waals surface area contributed by atoms with Crippen LogP contribution in [0.25, 0.3) is 0 Å². The second kappa shape index (κ2) is 8.20. The van der Waals surface area contributed by atoms with Crippen LogP contribution in [0.5, 0.6) is 11.5 Å². The number of para-hydroxylation sites is 1. The van der Waals surface area contributed by atoms with Gasteiger partial charge in [0.25, 0.3) is 5.91 Å². The molecule has 1 amide bonds. The van der Waals surface area contributed by atoms with Crippen molar-refractivity contribution in [1.82, 2.24) is 5.43 Å². The first-order valence-electron chi connectivity index (χ1n) is 6.81. The molecule has 0 heterocycles. The first-order valence-corrected chi connectivity index (χ1v) is 6.81. The Kier molecular flexibility index (Phi) is 5.72. The number of carbonyl (C=O) groups is 1. The molecule has 6 nitrogen and oxygen atoms in total. The molecule has 6 heteroatoms. The first kappa shape index (κ1) is 16.0. The fourth-order valence-corrected chi connectivity index (χ4v) is 1.73. The number of hydrazone groups is 1. The van der Waals surface area contributed by atoms with Gasteiger partial charge in [-0.2, -0.15) is 10.4 Å². The van der Waals surface area contributed by atoms with E-state index in [9.17, 15) is 4.79 Å². The number of hydrogen-bond donors (Lipinski definition) is 1. The van der Waals surface area contributed by atoms with Gasteiger partial charge in [-0.1, -0.05) is 12.1 Å². The number of ether oxygens (including phenoxy) is 2. The number of amides is 1. The van der Waals surface area contributed by atoms with Gasteiger partial charge in [0.15, 0.2) is 6.61 Å². The Labute approximate surface area is 134 Å². The van der Waals surface area contributed by atoms with Crippen LogP contribution in [0.4, 0.5) is 0 Å². The summed E-state index contributed by atoms with van der Waals surface area (Å²) in [6, 6.07) is 15.9. The minimum absolute atomic E-state index is 0.224. The quantitative estimate of drug-likeness (QED) is 0.654. The molecule has 0 aliphatic carbocycles. The molecule has 0 bridgehead atoms. The van der Waals surface area contributed by atoms with Gasteiger partial charge in [0.2, 0.25) is 0 Å². The van der Waals surface area contributed by atoms with Crippen molar-refractivity contribution in [2.24, 2.45) is 5.10 Å². The number of rotatable bonds is 6. The first-order chi connectivity index (χ1) is 11.2. The lowest BCUT2D eigenvalue weighted by Crippen LogP contribution is -2.24. The van der Waals surface area contributed by atoms with E-state index in [1.165, 1.54) is 6.21 Å². The third-order valence-electron chi connectivity index (χ3n) is 2.88. The normalized spacial score (nSPS) is 10.1. The van der Waals surface area contributed by atoms with E-state index >= 15 is 0 Å². The molecule has 0 spiro atoms. The van der Waals surface area contributed by atoms with Crippen LogP contribution in [0, 0.1) is 11.3 Å². The lowest BCUT2D eigenvalue weighted by Gasteiger charge is -2.06. The summed E-state index contributed by atoms with van der Waals surface area (Å²) in [6.45, 7) is -0.224. The van der Waals surface area contributed by atoms with Gasteiger partial charge < -0.3 is 9.47 Å². The third kappa shape index (κ3) is 4.86. The van der Waals surface area contributed by atoms with Crippen LogP contribution in [0.1, 0.15) is 11.1 Å². The van der Waals surface area contributed by atoms with Crippen molar-refractivity contribution in [2.75, 3.05) is 13.7 Å². The summed E-state index contributed by atoms with van der Waals surface area (Å²) >= 11 is 0. The molecule has 0 atom stereocenters. The van der Waals surface area contributed by atoms with E-state index in [0.29, 0.717) is 11.3 Å². The summed E-state index contributed by atoms with van der Waals surface area (Å²) in [6.07, 6.45) is 1.51. The number of nitrogens with zero attached hydrogens (tertiary/aromatic N) is 2. The second-order valence-corrected chi connectivity index (χ2v) is 4.46. The Hall–Kier alpha value is -3.33. The van der Waals surface area contributed by atoms with Gasteiger partial charge in [0, 0.05) is 0 Å². The molecule has 0 saturated carbocycles. The molecular weight excluding hydrogens is 294 g/mol. The molecule has 1 N–H and O–H groups in total. The average molecular weight is 309 g/mol. The molecule has 0 unspecified atom stereocenters. The highest BCUT2D eigenvalue weighted by Crippen LogP contribution is 2.16. The van der Waals surface area contributed by atoms with Crippen LogP contribution >= 0.6 is 0 Å². The Balaban J connectivity index is 1.83. The van der Waals surface area contributed by atoms with Crippen molar-refractivity contribution in [3.8, 4) is 17.6 Å². The molecule has 0 saturated heterocycles. The van der Waals surface area contributed by atoms with Crippen LogP contribution in [0.2, 0.25) is 0 Å². The monoisotopic (exact) mass is 309 g/mol. The summed E-state index contributed by atoms with van der Waals surface area (Å²) in [7, 11) is 1.59. The Morgan fingerprint density at radius 3 is 2.70 bits per heavy atom. The standard InChI is InChI=1S/C17H15N3O3/c1-22-15-8-6-13(7-9-15)11-19-20-17(21)12-23-16-5-3-2-4-14(16)10-18/h2-9,11H,12H2,1H3,(H,20,21)/b19-11-. The number of benzene rings is 2. The fraction of sp³-hybridized carbons (Fsp3) is 0.118. The zero-order valence-electron chi connectivity index (χ0n) is 12.5. The largest absolute Gasteiger partial charge is 0.497 e. The highest BCUT2D eigenvalue weighted by Gasteiger charge is 2.05. The third-order valence-corrected chi connectivity index (χ3v) is 2.88. The minimum atomic E-state index is -0.414. The van der Waals surface area contributed by atoms with Gasteiger partial charge in [-0.05, 0) is 42.0 Å². The van der Waals surface area contributed by atoms with Gasteiger partial charge in [-0.15, -0.1) is 0 Å². The molecule has 23 heavy (non-hydrogen) atoms. The van der Waals surface area contributed by atoms with E-state index in [1.807, 2.05) is 18.2 Å². The van der Waals surface area contributed by atoms with Gasteiger partial charge in [0.1, 0.15) is 17.6 Å². The molecule has 0 aliphatic heterocycles. The fourth-order valence-electron chi connectivity index (χ4n) is 1.73. The number of hydrogen-bond acceptors (Lipinski definition) is 5. The van der Waals surface area contributed by atoms with Crippen LogP contribution in [-0.4, -0.2) is 25.8 Å². The minimum Gasteiger partial charge on any atom is -0.497 e. The summed E-state index contributed by atoms with van der Waals surface area (Å²) in [5.41, 5.74) is 3.56. The van der Waals surface area contributed by atoms with E-state index < -0.39 is 5.91 Å². The van der Waals surface area contributed by atoms with Gasteiger partial charge in [0.05, 0.1) is 18.9 Å². The molecule has 0 aromatic heterocycles. The number of carbonyl (C=O) groups excluding carboxylic acids is 1. The van der Waals surface area contributed by atoms with Gasteiger partial charge >= 0.3 is 0 Å². The maximum atomic E-state index is 11.7. The highest BCUT2D eigenvalue weighted by atomic mass is 16.5. The summed E-state index contributed by atoms with van der Waals surface area (Å²) in [4.78, 5) is 11.7. The molecule has 2 aromatic carbocycles. The molecular formula is C17H15N3O3. The number of nitriles is 1. The Morgan fingerprint density at radius 2 is 2.00 bits per heavy atom. The summed E-state index contributed by atoms with van der Waals surface area (Å²) in [5.74, 6) is 0.697. The van der Waals surface area contributed by atoms with E-state index in [0.717, 1.165) is 11.3 Å². The molecule has 0 radical (unpaired) electrons.